The minimum atomic E-state index is -3.09. The fourth-order valence-corrected chi connectivity index (χ4v) is 2.67. The first-order valence-corrected chi connectivity index (χ1v) is 9.35. The molecular weight excluding hydrogens is 289 g/mol. The van der Waals surface area contributed by atoms with Crippen molar-refractivity contribution in [3.63, 3.8) is 0 Å². The lowest BCUT2D eigenvalue weighted by molar-refractivity contribution is -0.168. The Hall–Kier alpha value is -1.16. The molecule has 1 aromatic rings. The van der Waals surface area contributed by atoms with E-state index in [0.29, 0.717) is 17.4 Å². The molecule has 21 heavy (non-hydrogen) atoms. The van der Waals surface area contributed by atoms with Crippen LogP contribution >= 0.6 is 7.37 Å². The molecule has 0 heterocycles. The second-order valence-electron chi connectivity index (χ2n) is 5.73. The van der Waals surface area contributed by atoms with E-state index in [-0.39, 0.29) is 19.1 Å². The molecule has 0 aliphatic carbocycles. The number of amides is 1. The standard InChI is InChI=1S/C15H24NO4P/c1-12(2)14-8-6-13(7-9-14)11-16(18)15(17)5-4-10-21(3,19)20/h6-9,12,18H,4-5,10-11H2,1-3H3,(H,19,20). The van der Waals surface area contributed by atoms with Crippen LogP contribution in [0, 0.1) is 0 Å². The Morgan fingerprint density at radius 1 is 1.29 bits per heavy atom. The zero-order chi connectivity index (χ0) is 16.0. The van der Waals surface area contributed by atoms with Crippen LogP contribution < -0.4 is 0 Å². The highest BCUT2D eigenvalue weighted by Crippen LogP contribution is 2.36. The van der Waals surface area contributed by atoms with Gasteiger partial charge in [-0.3, -0.25) is 14.6 Å². The molecule has 5 nitrogen and oxygen atoms in total. The maximum atomic E-state index is 11.7. The van der Waals surface area contributed by atoms with E-state index in [1.807, 2.05) is 24.3 Å². The highest BCUT2D eigenvalue weighted by atomic mass is 31.2. The summed E-state index contributed by atoms with van der Waals surface area (Å²) in [6.45, 7) is 5.60. The molecule has 2 N–H and O–H groups in total. The van der Waals surface area contributed by atoms with Gasteiger partial charge in [-0.1, -0.05) is 38.1 Å². The molecule has 0 saturated heterocycles. The molecule has 1 atom stereocenters. The SMILES string of the molecule is CC(C)c1ccc(CN(O)C(=O)CCCP(C)(=O)O)cc1. The number of benzene rings is 1. The van der Waals surface area contributed by atoms with Gasteiger partial charge in [0.05, 0.1) is 6.54 Å². The van der Waals surface area contributed by atoms with Crippen molar-refractivity contribution >= 4 is 13.3 Å². The number of carbonyl (C=O) groups excluding carboxylic acids is 1. The predicted molar refractivity (Wildman–Crippen MR) is 82.7 cm³/mol. The molecule has 0 aliphatic heterocycles. The van der Waals surface area contributed by atoms with Crippen molar-refractivity contribution in [3.05, 3.63) is 35.4 Å². The number of carbonyl (C=O) groups is 1. The average Bonchev–Trinajstić information content (AvgIpc) is 2.37. The Morgan fingerprint density at radius 2 is 1.86 bits per heavy atom. The van der Waals surface area contributed by atoms with Gasteiger partial charge in [0.15, 0.2) is 7.37 Å². The maximum Gasteiger partial charge on any atom is 0.246 e. The Morgan fingerprint density at radius 3 is 2.33 bits per heavy atom. The third-order valence-electron chi connectivity index (χ3n) is 3.23. The predicted octanol–water partition coefficient (Wildman–Crippen LogP) is 3.21. The third kappa shape index (κ3) is 6.89. The van der Waals surface area contributed by atoms with Crippen molar-refractivity contribution in [3.8, 4) is 0 Å². The Balaban J connectivity index is 2.46. The van der Waals surface area contributed by atoms with Crippen molar-refractivity contribution in [1.29, 1.82) is 0 Å². The van der Waals surface area contributed by atoms with Crippen molar-refractivity contribution in [2.24, 2.45) is 0 Å². The largest absolute Gasteiger partial charge is 0.344 e. The van der Waals surface area contributed by atoms with Crippen LogP contribution in [0.5, 0.6) is 0 Å². The average molecular weight is 313 g/mol. The monoisotopic (exact) mass is 313 g/mol. The fraction of sp³-hybridized carbons (Fsp3) is 0.533. The van der Waals surface area contributed by atoms with E-state index in [1.165, 1.54) is 12.2 Å². The zero-order valence-corrected chi connectivity index (χ0v) is 13.7. The summed E-state index contributed by atoms with van der Waals surface area (Å²) in [6.07, 6.45) is 0.459. The van der Waals surface area contributed by atoms with Gasteiger partial charge in [0, 0.05) is 19.2 Å². The van der Waals surface area contributed by atoms with E-state index in [4.69, 9.17) is 4.89 Å². The number of nitrogens with zero attached hydrogens (tertiary/aromatic N) is 1. The molecular formula is C15H24NO4P. The molecule has 1 aromatic carbocycles. The summed E-state index contributed by atoms with van der Waals surface area (Å²) in [5.41, 5.74) is 2.05. The number of rotatable bonds is 7. The summed E-state index contributed by atoms with van der Waals surface area (Å²) in [6, 6.07) is 7.74. The van der Waals surface area contributed by atoms with Gasteiger partial charge >= 0.3 is 0 Å². The van der Waals surface area contributed by atoms with Crippen LogP contribution in [0.25, 0.3) is 0 Å². The quantitative estimate of drug-likeness (QED) is 0.460. The highest BCUT2D eigenvalue weighted by Gasteiger charge is 2.15. The van der Waals surface area contributed by atoms with Gasteiger partial charge < -0.3 is 4.89 Å². The lowest BCUT2D eigenvalue weighted by Crippen LogP contribution is -2.26. The summed E-state index contributed by atoms with van der Waals surface area (Å²) in [5, 5.41) is 10.4. The van der Waals surface area contributed by atoms with Crippen LogP contribution in [0.3, 0.4) is 0 Å². The van der Waals surface area contributed by atoms with Crippen LogP contribution in [-0.2, 0) is 15.9 Å². The third-order valence-corrected chi connectivity index (χ3v) is 4.38. The van der Waals surface area contributed by atoms with E-state index < -0.39 is 13.3 Å². The van der Waals surface area contributed by atoms with Crippen LogP contribution in [0.1, 0.15) is 43.7 Å². The smallest absolute Gasteiger partial charge is 0.246 e. The van der Waals surface area contributed by atoms with E-state index in [2.05, 4.69) is 13.8 Å². The first kappa shape index (κ1) is 17.9. The summed E-state index contributed by atoms with van der Waals surface area (Å²) < 4.78 is 11.1. The number of hydroxylamine groups is 2. The molecule has 6 heteroatoms. The molecule has 0 saturated carbocycles. The van der Waals surface area contributed by atoms with Gasteiger partial charge in [0.1, 0.15) is 0 Å². The molecule has 118 valence electrons. The minimum absolute atomic E-state index is 0.0684. The molecule has 0 radical (unpaired) electrons. The molecule has 0 spiro atoms. The molecule has 0 fully saturated rings. The van der Waals surface area contributed by atoms with E-state index in [9.17, 15) is 14.6 Å². The van der Waals surface area contributed by atoms with Gasteiger partial charge in [-0.2, -0.15) is 0 Å². The van der Waals surface area contributed by atoms with Crippen molar-refractivity contribution in [2.45, 2.75) is 39.2 Å². The van der Waals surface area contributed by atoms with Gasteiger partial charge in [-0.15, -0.1) is 0 Å². The minimum Gasteiger partial charge on any atom is -0.344 e. The molecule has 0 bridgehead atoms. The lowest BCUT2D eigenvalue weighted by Gasteiger charge is -2.16. The zero-order valence-electron chi connectivity index (χ0n) is 12.8. The Labute approximate surface area is 126 Å². The molecule has 1 rings (SSSR count). The second kappa shape index (κ2) is 7.74. The highest BCUT2D eigenvalue weighted by molar-refractivity contribution is 7.57. The van der Waals surface area contributed by atoms with Crippen molar-refractivity contribution in [1.82, 2.24) is 5.06 Å². The summed E-state index contributed by atoms with van der Waals surface area (Å²) in [5.74, 6) is 0.00511. The van der Waals surface area contributed by atoms with Crippen LogP contribution in [0.2, 0.25) is 0 Å². The first-order chi connectivity index (χ1) is 9.69. The summed E-state index contributed by atoms with van der Waals surface area (Å²) >= 11 is 0. The Bertz CT molecular complexity index is 507. The van der Waals surface area contributed by atoms with Gasteiger partial charge in [0.2, 0.25) is 5.91 Å². The summed E-state index contributed by atoms with van der Waals surface area (Å²) in [7, 11) is -3.09. The van der Waals surface area contributed by atoms with E-state index in [0.717, 1.165) is 5.56 Å². The Kier molecular flexibility index (Phi) is 6.59. The second-order valence-corrected chi connectivity index (χ2v) is 8.27. The van der Waals surface area contributed by atoms with Crippen molar-refractivity contribution in [2.75, 3.05) is 12.8 Å². The molecule has 0 aromatic heterocycles. The number of hydrogen-bond acceptors (Lipinski definition) is 3. The molecule has 1 amide bonds. The first-order valence-electron chi connectivity index (χ1n) is 7.06. The fourth-order valence-electron chi connectivity index (χ4n) is 1.92. The van der Waals surface area contributed by atoms with Crippen molar-refractivity contribution < 1.29 is 19.5 Å². The number of hydrogen-bond donors (Lipinski definition) is 2. The van der Waals surface area contributed by atoms with Crippen LogP contribution in [0.4, 0.5) is 0 Å². The maximum absolute atomic E-state index is 11.7. The van der Waals surface area contributed by atoms with E-state index >= 15 is 0 Å². The van der Waals surface area contributed by atoms with Gasteiger partial charge in [-0.25, -0.2) is 5.06 Å². The van der Waals surface area contributed by atoms with Crippen LogP contribution in [-0.4, -0.2) is 33.9 Å². The molecule has 0 aliphatic rings. The van der Waals surface area contributed by atoms with Gasteiger partial charge in [-0.05, 0) is 23.5 Å². The molecule has 1 unspecified atom stereocenters. The van der Waals surface area contributed by atoms with E-state index in [1.54, 1.807) is 0 Å². The topological polar surface area (TPSA) is 77.8 Å². The van der Waals surface area contributed by atoms with Crippen LogP contribution in [0.15, 0.2) is 24.3 Å². The normalized spacial score (nSPS) is 14.0. The lowest BCUT2D eigenvalue weighted by atomic mass is 10.0. The summed E-state index contributed by atoms with van der Waals surface area (Å²) in [4.78, 5) is 20.9. The van der Waals surface area contributed by atoms with Gasteiger partial charge in [0.25, 0.3) is 0 Å².